The summed E-state index contributed by atoms with van der Waals surface area (Å²) in [5, 5.41) is 0. The molecule has 0 aliphatic heterocycles. The van der Waals surface area contributed by atoms with Crippen LogP contribution in [0.15, 0.2) is 35.4 Å². The maximum atomic E-state index is 12.2. The number of aryl methyl sites for hydroxylation is 2. The lowest BCUT2D eigenvalue weighted by Gasteiger charge is -2.08. The Morgan fingerprint density at radius 2 is 2.00 bits per heavy atom. The van der Waals surface area contributed by atoms with Crippen LogP contribution in [0.1, 0.15) is 11.1 Å². The van der Waals surface area contributed by atoms with E-state index >= 15 is 0 Å². The molecular formula is C14H16ClN5O. The third-order valence-corrected chi connectivity index (χ3v) is 3.31. The fourth-order valence-electron chi connectivity index (χ4n) is 2.15. The molecule has 2 aromatic heterocycles. The van der Waals surface area contributed by atoms with Gasteiger partial charge >= 0.3 is 0 Å². The number of aromatic amines is 1. The van der Waals surface area contributed by atoms with E-state index in [0.717, 1.165) is 12.0 Å². The monoisotopic (exact) mass is 305 g/mol. The van der Waals surface area contributed by atoms with Gasteiger partial charge in [-0.2, -0.15) is 4.98 Å². The molecule has 0 atom stereocenters. The molecule has 1 aromatic carbocycles. The molecule has 3 aromatic rings. The van der Waals surface area contributed by atoms with Crippen molar-refractivity contribution in [3.05, 3.63) is 52.1 Å². The average Bonchev–Trinajstić information content (AvgIpc) is 2.89. The van der Waals surface area contributed by atoms with Gasteiger partial charge < -0.3 is 10.7 Å². The molecule has 6 nitrogen and oxygen atoms in total. The predicted molar refractivity (Wildman–Crippen MR) is 84.7 cm³/mol. The highest BCUT2D eigenvalue weighted by atomic mass is 35.5. The van der Waals surface area contributed by atoms with Crippen LogP contribution < -0.4 is 11.3 Å². The second-order valence-corrected chi connectivity index (χ2v) is 4.76. The second kappa shape index (κ2) is 5.97. The van der Waals surface area contributed by atoms with Crippen molar-refractivity contribution in [1.29, 1.82) is 0 Å². The Kier molecular flexibility index (Phi) is 4.28. The van der Waals surface area contributed by atoms with Crippen LogP contribution in [0.5, 0.6) is 0 Å². The molecule has 110 valence electrons. The van der Waals surface area contributed by atoms with E-state index in [1.807, 2.05) is 6.92 Å². The molecule has 2 heterocycles. The van der Waals surface area contributed by atoms with Crippen LogP contribution in [0.25, 0.3) is 11.2 Å². The molecule has 0 aliphatic rings. The lowest BCUT2D eigenvalue weighted by molar-refractivity contribution is 0.673. The number of nitrogen functional groups attached to an aromatic ring is 1. The molecule has 0 unspecified atom stereocenters. The maximum Gasteiger partial charge on any atom is 0.283 e. The highest BCUT2D eigenvalue weighted by Gasteiger charge is 2.10. The molecule has 0 bridgehead atoms. The summed E-state index contributed by atoms with van der Waals surface area (Å²) in [4.78, 5) is 23.2. The summed E-state index contributed by atoms with van der Waals surface area (Å²) >= 11 is 0. The largest absolute Gasteiger partial charge is 0.369 e. The number of anilines is 1. The number of aromatic nitrogens is 4. The van der Waals surface area contributed by atoms with E-state index < -0.39 is 0 Å². The van der Waals surface area contributed by atoms with Crippen LogP contribution >= 0.6 is 12.4 Å². The summed E-state index contributed by atoms with van der Waals surface area (Å²) in [6.07, 6.45) is 2.17. The standard InChI is InChI=1S/C14H15N5O.ClH/c1-9-2-4-10(5-3-9)6-7-19-13(20)11-12(17-8-16-11)18-14(19)15;/h2-5,8H,6-7H2,1H3,(H2,15,18)(H,16,17);1H. The highest BCUT2D eigenvalue weighted by Crippen LogP contribution is 2.08. The van der Waals surface area contributed by atoms with Gasteiger partial charge in [0.05, 0.1) is 6.33 Å². The fourth-order valence-corrected chi connectivity index (χ4v) is 2.15. The second-order valence-electron chi connectivity index (χ2n) is 4.76. The zero-order valence-corrected chi connectivity index (χ0v) is 12.4. The summed E-state index contributed by atoms with van der Waals surface area (Å²) in [5.41, 5.74) is 8.75. The van der Waals surface area contributed by atoms with Gasteiger partial charge in [0, 0.05) is 6.54 Å². The van der Waals surface area contributed by atoms with Crippen molar-refractivity contribution in [1.82, 2.24) is 19.5 Å². The zero-order chi connectivity index (χ0) is 14.1. The van der Waals surface area contributed by atoms with Crippen LogP contribution in [0, 0.1) is 6.92 Å². The molecule has 0 saturated heterocycles. The molecule has 0 amide bonds. The van der Waals surface area contributed by atoms with Gasteiger partial charge in [0.2, 0.25) is 5.95 Å². The molecule has 3 N–H and O–H groups in total. The smallest absolute Gasteiger partial charge is 0.283 e. The van der Waals surface area contributed by atoms with Gasteiger partial charge in [-0.15, -0.1) is 12.4 Å². The molecule has 0 fully saturated rings. The van der Waals surface area contributed by atoms with Gasteiger partial charge in [-0.25, -0.2) is 4.98 Å². The summed E-state index contributed by atoms with van der Waals surface area (Å²) in [6.45, 7) is 2.53. The van der Waals surface area contributed by atoms with Crippen LogP contribution in [0.3, 0.4) is 0 Å². The van der Waals surface area contributed by atoms with Crippen LogP contribution in [-0.4, -0.2) is 19.5 Å². The summed E-state index contributed by atoms with van der Waals surface area (Å²) < 4.78 is 1.46. The predicted octanol–water partition coefficient (Wildman–Crippen LogP) is 1.67. The Morgan fingerprint density at radius 3 is 2.71 bits per heavy atom. The molecule has 0 aliphatic carbocycles. The number of hydrogen-bond acceptors (Lipinski definition) is 4. The van der Waals surface area contributed by atoms with Gasteiger partial charge in [-0.1, -0.05) is 29.8 Å². The lowest BCUT2D eigenvalue weighted by atomic mass is 10.1. The lowest BCUT2D eigenvalue weighted by Crippen LogP contribution is -2.25. The van der Waals surface area contributed by atoms with Crippen molar-refractivity contribution in [2.75, 3.05) is 5.73 Å². The van der Waals surface area contributed by atoms with Crippen molar-refractivity contribution in [3.63, 3.8) is 0 Å². The Balaban J connectivity index is 0.00000161. The third-order valence-electron chi connectivity index (χ3n) is 3.31. The first-order chi connectivity index (χ1) is 9.65. The minimum atomic E-state index is -0.208. The fraction of sp³-hybridized carbons (Fsp3) is 0.214. The number of nitrogens with two attached hydrogens (primary N) is 1. The number of rotatable bonds is 3. The topological polar surface area (TPSA) is 89.6 Å². The van der Waals surface area contributed by atoms with Crippen LogP contribution in [0.2, 0.25) is 0 Å². The molecule has 0 saturated carbocycles. The van der Waals surface area contributed by atoms with Crippen molar-refractivity contribution in [2.24, 2.45) is 0 Å². The van der Waals surface area contributed by atoms with Crippen molar-refractivity contribution >= 4 is 29.5 Å². The zero-order valence-electron chi connectivity index (χ0n) is 11.5. The van der Waals surface area contributed by atoms with E-state index in [4.69, 9.17) is 5.73 Å². The number of fused-ring (bicyclic) bond motifs is 1. The van der Waals surface area contributed by atoms with Gasteiger partial charge in [0.25, 0.3) is 5.56 Å². The van der Waals surface area contributed by atoms with E-state index in [1.54, 1.807) is 0 Å². The van der Waals surface area contributed by atoms with E-state index in [1.165, 1.54) is 16.5 Å². The Bertz CT molecular complexity index is 806. The van der Waals surface area contributed by atoms with Crippen LogP contribution in [-0.2, 0) is 13.0 Å². The molecule has 0 radical (unpaired) electrons. The van der Waals surface area contributed by atoms with E-state index in [9.17, 15) is 4.79 Å². The third kappa shape index (κ3) is 2.90. The number of nitrogens with zero attached hydrogens (tertiary/aromatic N) is 3. The Labute approximate surface area is 127 Å². The molecule has 3 rings (SSSR count). The minimum Gasteiger partial charge on any atom is -0.369 e. The molecule has 0 spiro atoms. The minimum absolute atomic E-state index is 0. The van der Waals surface area contributed by atoms with E-state index in [-0.39, 0.29) is 23.9 Å². The van der Waals surface area contributed by atoms with Crippen LogP contribution in [0.4, 0.5) is 5.95 Å². The van der Waals surface area contributed by atoms with Gasteiger partial charge in [0.1, 0.15) is 0 Å². The SMILES string of the molecule is Cc1ccc(CCn2c(N)nc3[nH]cnc3c2=O)cc1.Cl. The molecular weight excluding hydrogens is 290 g/mol. The highest BCUT2D eigenvalue weighted by molar-refractivity contribution is 5.85. The Morgan fingerprint density at radius 1 is 1.29 bits per heavy atom. The van der Waals surface area contributed by atoms with Crippen molar-refractivity contribution in [2.45, 2.75) is 19.9 Å². The summed E-state index contributed by atoms with van der Waals surface area (Å²) in [6, 6.07) is 8.21. The number of H-pyrrole nitrogens is 1. The van der Waals surface area contributed by atoms with E-state index in [0.29, 0.717) is 17.7 Å². The summed E-state index contributed by atoms with van der Waals surface area (Å²) in [7, 11) is 0. The van der Waals surface area contributed by atoms with Gasteiger partial charge in [-0.05, 0) is 18.9 Å². The number of nitrogens with one attached hydrogen (secondary N) is 1. The molecule has 7 heteroatoms. The first-order valence-electron chi connectivity index (χ1n) is 6.40. The van der Waals surface area contributed by atoms with Crippen molar-refractivity contribution < 1.29 is 0 Å². The normalized spacial score (nSPS) is 10.5. The number of halogens is 1. The quantitative estimate of drug-likeness (QED) is 0.770. The van der Waals surface area contributed by atoms with Gasteiger partial charge in [0.15, 0.2) is 11.2 Å². The Hall–Kier alpha value is -2.34. The molecule has 21 heavy (non-hydrogen) atoms. The van der Waals surface area contributed by atoms with Gasteiger partial charge in [-0.3, -0.25) is 9.36 Å². The number of hydrogen-bond donors (Lipinski definition) is 2. The van der Waals surface area contributed by atoms with Crippen molar-refractivity contribution in [3.8, 4) is 0 Å². The average molecular weight is 306 g/mol. The maximum absolute atomic E-state index is 12.2. The first-order valence-corrected chi connectivity index (χ1v) is 6.40. The number of benzene rings is 1. The number of imidazole rings is 1. The first kappa shape index (κ1) is 15.1. The van der Waals surface area contributed by atoms with E-state index in [2.05, 4.69) is 39.2 Å². The summed E-state index contributed by atoms with van der Waals surface area (Å²) in [5.74, 6) is 0.207.